The average Bonchev–Trinajstić information content (AvgIpc) is 3.07. The molecule has 1 saturated carbocycles. The molecule has 1 aromatic carbocycles. The van der Waals surface area contributed by atoms with Crippen LogP contribution in [0.2, 0.25) is 0 Å². The molecule has 0 saturated heterocycles. The van der Waals surface area contributed by atoms with Crippen LogP contribution in [0.5, 0.6) is 5.75 Å². The van der Waals surface area contributed by atoms with Crippen molar-refractivity contribution in [3.05, 3.63) is 35.7 Å². The first-order valence-electron chi connectivity index (χ1n) is 10.5. The lowest BCUT2D eigenvalue weighted by Gasteiger charge is -2.34. The number of aryl methyl sites for hydroxylation is 1. The van der Waals surface area contributed by atoms with Gasteiger partial charge in [0.15, 0.2) is 0 Å². The third-order valence-electron chi connectivity index (χ3n) is 5.83. The molecule has 0 radical (unpaired) electrons. The molecule has 1 aromatic heterocycles. The quantitative estimate of drug-likeness (QED) is 0.639. The number of carbonyl (C=O) groups is 1. The Labute approximate surface area is 178 Å². The Morgan fingerprint density at radius 2 is 2.03 bits per heavy atom. The Bertz CT molecular complexity index is 803. The fraction of sp³-hybridized carbons (Fsp3) is 0.565. The van der Waals surface area contributed by atoms with E-state index in [0.717, 1.165) is 29.2 Å². The molecule has 2 aromatic rings. The summed E-state index contributed by atoms with van der Waals surface area (Å²) in [6.07, 6.45) is 3.57. The van der Waals surface area contributed by atoms with Gasteiger partial charge in [0.2, 0.25) is 11.8 Å². The third kappa shape index (κ3) is 5.78. The monoisotopic (exact) mass is 416 g/mol. The van der Waals surface area contributed by atoms with Gasteiger partial charge in [0.05, 0.1) is 18.1 Å². The number of nitrogens with zero attached hydrogens (tertiary/aromatic N) is 1. The maximum absolute atomic E-state index is 12.4. The number of amides is 1. The van der Waals surface area contributed by atoms with Crippen molar-refractivity contribution in [3.63, 3.8) is 0 Å². The van der Waals surface area contributed by atoms with E-state index in [9.17, 15) is 4.79 Å². The summed E-state index contributed by atoms with van der Waals surface area (Å²) in [6, 6.07) is 8.06. The number of carbonyl (C=O) groups excluding carboxylic acids is 1. The number of hydrogen-bond acceptors (Lipinski definition) is 5. The predicted octanol–water partition coefficient (Wildman–Crippen LogP) is 5.22. The number of hydrogen-bond donors (Lipinski definition) is 1. The van der Waals surface area contributed by atoms with Gasteiger partial charge < -0.3 is 14.5 Å². The van der Waals surface area contributed by atoms with Gasteiger partial charge in [0.25, 0.3) is 0 Å². The van der Waals surface area contributed by atoms with Crippen molar-refractivity contribution in [2.75, 3.05) is 12.4 Å². The van der Waals surface area contributed by atoms with Gasteiger partial charge in [-0.15, -0.1) is 11.8 Å². The van der Waals surface area contributed by atoms with Gasteiger partial charge in [-0.2, -0.15) is 0 Å². The lowest BCUT2D eigenvalue weighted by atomic mass is 9.78. The standard InChI is InChI=1S/C23H32N2O3S/c1-5-27-19-11-9-18(10-12-19)23-25-21(17(4)28-23)13-29-14-22(26)24-20-8-6-7-15(2)16(20)3/h9-12,15-16,20H,5-8,13-14H2,1-4H3,(H,24,26)/t15-,16-,20-/m1/s1. The molecule has 1 aliphatic rings. The maximum Gasteiger partial charge on any atom is 0.230 e. The summed E-state index contributed by atoms with van der Waals surface area (Å²) in [4.78, 5) is 17.0. The van der Waals surface area contributed by atoms with Crippen LogP contribution in [0.1, 0.15) is 51.5 Å². The molecular weight excluding hydrogens is 384 g/mol. The summed E-state index contributed by atoms with van der Waals surface area (Å²) in [5.41, 5.74) is 1.82. The molecule has 0 unspecified atom stereocenters. The third-order valence-corrected chi connectivity index (χ3v) is 6.77. The van der Waals surface area contributed by atoms with Gasteiger partial charge in [-0.25, -0.2) is 4.98 Å². The van der Waals surface area contributed by atoms with E-state index in [1.54, 1.807) is 11.8 Å². The number of rotatable bonds is 8. The molecule has 5 nitrogen and oxygen atoms in total. The molecule has 1 fully saturated rings. The molecule has 1 heterocycles. The van der Waals surface area contributed by atoms with E-state index in [2.05, 4.69) is 24.1 Å². The van der Waals surface area contributed by atoms with Crippen LogP contribution in [0.25, 0.3) is 11.5 Å². The molecule has 3 rings (SSSR count). The Kier molecular flexibility index (Phi) is 7.64. The zero-order valence-electron chi connectivity index (χ0n) is 17.9. The second-order valence-electron chi connectivity index (χ2n) is 7.91. The van der Waals surface area contributed by atoms with Crippen molar-refractivity contribution in [3.8, 4) is 17.2 Å². The van der Waals surface area contributed by atoms with Crippen molar-refractivity contribution >= 4 is 17.7 Å². The minimum absolute atomic E-state index is 0.119. The zero-order chi connectivity index (χ0) is 20.8. The molecule has 0 spiro atoms. The minimum atomic E-state index is 0.119. The summed E-state index contributed by atoms with van der Waals surface area (Å²) in [6.45, 7) is 9.07. The molecule has 1 N–H and O–H groups in total. The van der Waals surface area contributed by atoms with Gasteiger partial charge in [0.1, 0.15) is 11.5 Å². The van der Waals surface area contributed by atoms with Gasteiger partial charge in [0, 0.05) is 17.4 Å². The largest absolute Gasteiger partial charge is 0.494 e. The summed E-state index contributed by atoms with van der Waals surface area (Å²) >= 11 is 1.58. The van der Waals surface area contributed by atoms with Crippen molar-refractivity contribution in [2.45, 2.75) is 58.8 Å². The van der Waals surface area contributed by atoms with Crippen LogP contribution in [-0.4, -0.2) is 29.3 Å². The Hall–Kier alpha value is -1.95. The fourth-order valence-electron chi connectivity index (χ4n) is 3.82. The molecule has 0 bridgehead atoms. The first-order valence-corrected chi connectivity index (χ1v) is 11.7. The second-order valence-corrected chi connectivity index (χ2v) is 8.90. The van der Waals surface area contributed by atoms with Crippen LogP contribution in [0.4, 0.5) is 0 Å². The molecule has 3 atom stereocenters. The highest BCUT2D eigenvalue weighted by Crippen LogP contribution is 2.30. The van der Waals surface area contributed by atoms with Crippen molar-refractivity contribution < 1.29 is 13.9 Å². The van der Waals surface area contributed by atoms with E-state index in [1.165, 1.54) is 12.8 Å². The normalized spacial score (nSPS) is 21.7. The topological polar surface area (TPSA) is 64.4 Å². The SMILES string of the molecule is CCOc1ccc(-c2nc(CSCC(=O)N[C@@H]3CCC[C@@H](C)[C@H]3C)c(C)o2)cc1. The fourth-order valence-corrected chi connectivity index (χ4v) is 4.65. The molecule has 158 valence electrons. The molecule has 6 heteroatoms. The van der Waals surface area contributed by atoms with Crippen molar-refractivity contribution in [1.29, 1.82) is 0 Å². The molecule has 1 aliphatic carbocycles. The lowest BCUT2D eigenvalue weighted by Crippen LogP contribution is -2.44. The van der Waals surface area contributed by atoms with Crippen LogP contribution in [0, 0.1) is 18.8 Å². The summed E-state index contributed by atoms with van der Waals surface area (Å²) in [5.74, 6) is 4.70. The summed E-state index contributed by atoms with van der Waals surface area (Å²) in [7, 11) is 0. The highest BCUT2D eigenvalue weighted by molar-refractivity contribution is 7.99. The predicted molar refractivity (Wildman–Crippen MR) is 118 cm³/mol. The molecule has 1 amide bonds. The first-order chi connectivity index (χ1) is 14.0. The van der Waals surface area contributed by atoms with Crippen LogP contribution in [0.3, 0.4) is 0 Å². The molecule has 0 aliphatic heterocycles. The van der Waals surface area contributed by atoms with E-state index in [-0.39, 0.29) is 5.91 Å². The number of ether oxygens (including phenoxy) is 1. The summed E-state index contributed by atoms with van der Waals surface area (Å²) < 4.78 is 11.3. The van der Waals surface area contributed by atoms with Crippen LogP contribution in [0.15, 0.2) is 28.7 Å². The van der Waals surface area contributed by atoms with Gasteiger partial charge >= 0.3 is 0 Å². The Morgan fingerprint density at radius 3 is 2.76 bits per heavy atom. The highest BCUT2D eigenvalue weighted by atomic mass is 32.2. The number of aromatic nitrogens is 1. The summed E-state index contributed by atoms with van der Waals surface area (Å²) in [5, 5.41) is 3.23. The van der Waals surface area contributed by atoms with E-state index < -0.39 is 0 Å². The van der Waals surface area contributed by atoms with E-state index in [4.69, 9.17) is 9.15 Å². The Balaban J connectivity index is 1.50. The lowest BCUT2D eigenvalue weighted by molar-refractivity contribution is -0.119. The number of oxazole rings is 1. The van der Waals surface area contributed by atoms with Gasteiger partial charge in [-0.05, 0) is 56.4 Å². The van der Waals surface area contributed by atoms with Crippen LogP contribution < -0.4 is 10.1 Å². The number of benzene rings is 1. The van der Waals surface area contributed by atoms with Gasteiger partial charge in [-0.3, -0.25) is 4.79 Å². The van der Waals surface area contributed by atoms with Crippen molar-refractivity contribution in [2.24, 2.45) is 11.8 Å². The van der Waals surface area contributed by atoms with Crippen LogP contribution >= 0.6 is 11.8 Å². The van der Waals surface area contributed by atoms with Crippen molar-refractivity contribution in [1.82, 2.24) is 10.3 Å². The van der Waals surface area contributed by atoms with E-state index >= 15 is 0 Å². The maximum atomic E-state index is 12.4. The average molecular weight is 417 g/mol. The molecule has 29 heavy (non-hydrogen) atoms. The number of nitrogens with one attached hydrogen (secondary N) is 1. The number of thioether (sulfide) groups is 1. The smallest absolute Gasteiger partial charge is 0.230 e. The van der Waals surface area contributed by atoms with Crippen LogP contribution in [-0.2, 0) is 10.5 Å². The van der Waals surface area contributed by atoms with Gasteiger partial charge in [-0.1, -0.05) is 26.7 Å². The zero-order valence-corrected chi connectivity index (χ0v) is 18.7. The minimum Gasteiger partial charge on any atom is -0.494 e. The van der Waals surface area contributed by atoms with E-state index in [0.29, 0.717) is 41.9 Å². The Morgan fingerprint density at radius 1 is 1.28 bits per heavy atom. The first kappa shape index (κ1) is 21.8. The highest BCUT2D eigenvalue weighted by Gasteiger charge is 2.28. The second kappa shape index (κ2) is 10.2. The molecular formula is C23H32N2O3S. The van der Waals surface area contributed by atoms with E-state index in [1.807, 2.05) is 38.1 Å².